The predicted octanol–water partition coefficient (Wildman–Crippen LogP) is 4.69. The van der Waals surface area contributed by atoms with Crippen LogP contribution in [0.4, 0.5) is 0 Å². The van der Waals surface area contributed by atoms with Crippen LogP contribution in [-0.2, 0) is 19.1 Å². The fourth-order valence-electron chi connectivity index (χ4n) is 8.80. The third-order valence-electron chi connectivity index (χ3n) is 12.9. The minimum Gasteiger partial charge on any atom is -0.379 e. The molecule has 0 spiro atoms. The van der Waals surface area contributed by atoms with E-state index in [4.69, 9.17) is 4.74 Å². The predicted molar refractivity (Wildman–Crippen MR) is 219 cm³/mol. The molecule has 0 unspecified atom stereocenters. The van der Waals surface area contributed by atoms with Gasteiger partial charge in [0, 0.05) is 101 Å². The highest BCUT2D eigenvalue weighted by molar-refractivity contribution is 5.79. The van der Waals surface area contributed by atoms with Gasteiger partial charge in [-0.15, -0.1) is 0 Å². The normalized spacial score (nSPS) is 28.1. The zero-order chi connectivity index (χ0) is 39.2. The molecule has 0 atom stereocenters. The van der Waals surface area contributed by atoms with Gasteiger partial charge in [-0.2, -0.15) is 0 Å². The van der Waals surface area contributed by atoms with Crippen molar-refractivity contribution >= 4 is 17.7 Å². The van der Waals surface area contributed by atoms with Crippen LogP contribution in [0.3, 0.4) is 0 Å². The molecule has 3 saturated carbocycles. The first kappa shape index (κ1) is 44.9. The zero-order valence-electron chi connectivity index (χ0n) is 35.8. The Kier molecular flexibility index (Phi) is 19.0. The smallest absolute Gasteiger partial charge is 0.225 e. The SMILES string of the molecule is CC(C)C(=O)N(C)C1CCN(C)CC1.CC(C)C(=O)NC1CCC(N2CCN(CC3CC3)CC2)CC1.CC(C)C(=O)NC1CCC(N2CCOCC2)CC1. The van der Waals surface area contributed by atoms with E-state index in [2.05, 4.69) is 37.3 Å². The topological polar surface area (TPSA) is 101 Å². The van der Waals surface area contributed by atoms with E-state index >= 15 is 0 Å². The van der Waals surface area contributed by atoms with Gasteiger partial charge in [0.05, 0.1) is 13.2 Å². The number of ether oxygens (including phenoxy) is 1. The lowest BCUT2D eigenvalue weighted by atomic mass is 9.89. The number of nitrogens with one attached hydrogen (secondary N) is 2. The van der Waals surface area contributed by atoms with E-state index in [-0.39, 0.29) is 35.5 Å². The van der Waals surface area contributed by atoms with Crippen molar-refractivity contribution in [2.75, 3.05) is 86.2 Å². The van der Waals surface area contributed by atoms with Crippen LogP contribution >= 0.6 is 0 Å². The van der Waals surface area contributed by atoms with Crippen molar-refractivity contribution < 1.29 is 19.1 Å². The number of piperidine rings is 1. The van der Waals surface area contributed by atoms with Gasteiger partial charge < -0.3 is 30.1 Å². The highest BCUT2D eigenvalue weighted by Crippen LogP contribution is 2.31. The largest absolute Gasteiger partial charge is 0.379 e. The van der Waals surface area contributed by atoms with E-state index in [0.29, 0.717) is 24.2 Å². The number of nitrogens with zero attached hydrogens (tertiary/aromatic N) is 5. The molecule has 3 aliphatic heterocycles. The second-order valence-corrected chi connectivity index (χ2v) is 18.4. The molecule has 11 heteroatoms. The molecule has 0 aromatic carbocycles. The van der Waals surface area contributed by atoms with Gasteiger partial charge in [-0.25, -0.2) is 0 Å². The van der Waals surface area contributed by atoms with E-state index in [9.17, 15) is 14.4 Å². The van der Waals surface area contributed by atoms with Crippen LogP contribution in [0.1, 0.15) is 119 Å². The summed E-state index contributed by atoms with van der Waals surface area (Å²) in [6.07, 6.45) is 14.7. The van der Waals surface area contributed by atoms with Gasteiger partial charge in [0.2, 0.25) is 17.7 Å². The van der Waals surface area contributed by atoms with Crippen molar-refractivity contribution in [1.29, 1.82) is 0 Å². The Labute approximate surface area is 330 Å². The summed E-state index contributed by atoms with van der Waals surface area (Å²) in [5, 5.41) is 6.37. The first-order valence-corrected chi connectivity index (χ1v) is 22.1. The highest BCUT2D eigenvalue weighted by atomic mass is 16.5. The number of morpholine rings is 1. The minimum absolute atomic E-state index is 0.0990. The van der Waals surface area contributed by atoms with E-state index in [1.807, 2.05) is 53.5 Å². The van der Waals surface area contributed by atoms with Crippen LogP contribution < -0.4 is 10.6 Å². The molecule has 54 heavy (non-hydrogen) atoms. The van der Waals surface area contributed by atoms with E-state index in [1.54, 1.807) is 0 Å². The van der Waals surface area contributed by atoms with Crippen molar-refractivity contribution in [1.82, 2.24) is 35.1 Å². The molecular formula is C43H81N7O4. The second-order valence-electron chi connectivity index (χ2n) is 18.4. The molecule has 3 amide bonds. The molecule has 312 valence electrons. The van der Waals surface area contributed by atoms with Gasteiger partial charge in [-0.05, 0) is 103 Å². The lowest BCUT2D eigenvalue weighted by Crippen LogP contribution is -2.52. The summed E-state index contributed by atoms with van der Waals surface area (Å²) in [6, 6.07) is 2.75. The lowest BCUT2D eigenvalue weighted by molar-refractivity contribution is -0.136. The number of carbonyl (C=O) groups excluding carboxylic acids is 3. The third-order valence-corrected chi connectivity index (χ3v) is 12.9. The Morgan fingerprint density at radius 1 is 0.593 bits per heavy atom. The van der Waals surface area contributed by atoms with E-state index in [1.165, 1.54) is 71.2 Å². The van der Waals surface area contributed by atoms with Crippen LogP contribution in [0.5, 0.6) is 0 Å². The summed E-state index contributed by atoms with van der Waals surface area (Å²) in [5.41, 5.74) is 0. The molecular weight excluding hydrogens is 679 g/mol. The number of carbonyl (C=O) groups is 3. The van der Waals surface area contributed by atoms with Gasteiger partial charge in [0.1, 0.15) is 0 Å². The Hall–Kier alpha value is -1.79. The van der Waals surface area contributed by atoms with Crippen LogP contribution in [0.2, 0.25) is 0 Å². The van der Waals surface area contributed by atoms with Gasteiger partial charge in [0.15, 0.2) is 0 Å². The number of rotatable bonds is 10. The summed E-state index contributed by atoms with van der Waals surface area (Å²) < 4.78 is 5.39. The number of piperazine rings is 1. The van der Waals surface area contributed by atoms with Gasteiger partial charge in [-0.3, -0.25) is 24.2 Å². The fraction of sp³-hybridized carbons (Fsp3) is 0.930. The van der Waals surface area contributed by atoms with Gasteiger partial charge in [-0.1, -0.05) is 41.5 Å². The molecule has 0 radical (unpaired) electrons. The van der Waals surface area contributed by atoms with Crippen LogP contribution in [0.15, 0.2) is 0 Å². The van der Waals surface area contributed by atoms with Crippen molar-refractivity contribution in [3.8, 4) is 0 Å². The maximum absolute atomic E-state index is 11.8. The molecule has 3 aliphatic carbocycles. The van der Waals surface area contributed by atoms with Crippen LogP contribution in [0.25, 0.3) is 0 Å². The van der Waals surface area contributed by atoms with E-state index < -0.39 is 0 Å². The first-order chi connectivity index (χ1) is 25.8. The molecule has 3 heterocycles. The molecule has 6 rings (SSSR count). The molecule has 2 N–H and O–H groups in total. The molecule has 6 aliphatic rings. The van der Waals surface area contributed by atoms with E-state index in [0.717, 1.165) is 89.9 Å². The Balaban J connectivity index is 0.000000186. The highest BCUT2D eigenvalue weighted by Gasteiger charge is 2.32. The summed E-state index contributed by atoms with van der Waals surface area (Å²) in [5.74, 6) is 2.05. The third kappa shape index (κ3) is 15.3. The monoisotopic (exact) mass is 760 g/mol. The molecule has 0 bridgehead atoms. The maximum Gasteiger partial charge on any atom is 0.225 e. The average Bonchev–Trinajstić information content (AvgIpc) is 4.00. The summed E-state index contributed by atoms with van der Waals surface area (Å²) in [6.45, 7) is 24.3. The summed E-state index contributed by atoms with van der Waals surface area (Å²) in [4.78, 5) is 47.4. The molecule has 0 aromatic heterocycles. The van der Waals surface area contributed by atoms with Crippen molar-refractivity contribution in [2.24, 2.45) is 23.7 Å². The standard InChI is InChI=1S/C18H33N3O.C14H26N2O2.C11H22N2O/c1-14(2)18(22)19-16-5-7-17(8-6-16)21-11-9-20(10-12-21)13-15-3-4-15;1-11(2)14(17)15-12-3-5-13(6-4-12)16-7-9-18-10-8-16;1-9(2)11(14)13(4)10-5-7-12(3)8-6-10/h14-17H,3-13H2,1-2H3,(H,19,22);11-13H,3-10H2,1-2H3,(H,15,17);9-10H,5-8H2,1-4H3. The van der Waals surface area contributed by atoms with Crippen molar-refractivity contribution in [2.45, 2.75) is 149 Å². The Morgan fingerprint density at radius 2 is 1.04 bits per heavy atom. The maximum atomic E-state index is 11.8. The number of amides is 3. The summed E-state index contributed by atoms with van der Waals surface area (Å²) in [7, 11) is 4.08. The fourth-order valence-corrected chi connectivity index (χ4v) is 8.80. The minimum atomic E-state index is 0.0990. The molecule has 3 saturated heterocycles. The lowest BCUT2D eigenvalue weighted by Gasteiger charge is -2.42. The Morgan fingerprint density at radius 3 is 1.44 bits per heavy atom. The second kappa shape index (κ2) is 22.8. The summed E-state index contributed by atoms with van der Waals surface area (Å²) >= 11 is 0. The zero-order valence-corrected chi connectivity index (χ0v) is 35.8. The number of hydrogen-bond donors (Lipinski definition) is 2. The Bertz CT molecular complexity index is 1100. The van der Waals surface area contributed by atoms with Crippen molar-refractivity contribution in [3.05, 3.63) is 0 Å². The molecule has 0 aromatic rings. The number of likely N-dealkylation sites (tertiary alicyclic amines) is 1. The first-order valence-electron chi connectivity index (χ1n) is 22.1. The quantitative estimate of drug-likeness (QED) is 0.331. The van der Waals surface area contributed by atoms with Gasteiger partial charge >= 0.3 is 0 Å². The average molecular weight is 760 g/mol. The van der Waals surface area contributed by atoms with Crippen LogP contribution in [0, 0.1) is 23.7 Å². The van der Waals surface area contributed by atoms with Crippen LogP contribution in [-0.4, -0.2) is 159 Å². The number of hydrogen-bond acceptors (Lipinski definition) is 8. The van der Waals surface area contributed by atoms with Crippen molar-refractivity contribution in [3.63, 3.8) is 0 Å². The molecule has 11 nitrogen and oxygen atoms in total. The van der Waals surface area contributed by atoms with Gasteiger partial charge in [0.25, 0.3) is 0 Å². The molecule has 6 fully saturated rings.